The summed E-state index contributed by atoms with van der Waals surface area (Å²) in [7, 11) is 0. The summed E-state index contributed by atoms with van der Waals surface area (Å²) in [6.07, 6.45) is 5.92. The summed E-state index contributed by atoms with van der Waals surface area (Å²) in [5.41, 5.74) is 4.10. The molecule has 59 heavy (non-hydrogen) atoms. The number of anilines is 5. The summed E-state index contributed by atoms with van der Waals surface area (Å²) in [4.78, 5) is 58.3. The number of piperidine rings is 2. The number of pyridine rings is 1. The van der Waals surface area contributed by atoms with Crippen LogP contribution in [0, 0.1) is 11.7 Å². The van der Waals surface area contributed by atoms with E-state index in [1.807, 2.05) is 36.4 Å². The molecule has 0 saturated carbocycles. The fourth-order valence-corrected chi connectivity index (χ4v) is 8.25. The van der Waals surface area contributed by atoms with Crippen LogP contribution >= 0.6 is 0 Å². The van der Waals surface area contributed by atoms with E-state index in [4.69, 9.17) is 9.97 Å². The largest absolute Gasteiger partial charge is 0.374 e. The molecular formula is C44H52FN11O3. The number of carbonyl (C=O) groups is 2. The molecule has 1 atom stereocenters. The highest BCUT2D eigenvalue weighted by Crippen LogP contribution is 2.30. The first-order valence-electron chi connectivity index (χ1n) is 20.5. The van der Waals surface area contributed by atoms with Gasteiger partial charge in [0.2, 0.25) is 17.8 Å². The summed E-state index contributed by atoms with van der Waals surface area (Å²) in [5, 5.41) is 9.13. The molecule has 2 aromatic carbocycles. The zero-order valence-electron chi connectivity index (χ0n) is 34.0. The molecule has 3 N–H and O–H groups in total. The van der Waals surface area contributed by atoms with Gasteiger partial charge in [-0.1, -0.05) is 32.9 Å². The van der Waals surface area contributed by atoms with Crippen LogP contribution < -0.4 is 31.3 Å². The van der Waals surface area contributed by atoms with Gasteiger partial charge in [-0.2, -0.15) is 4.98 Å². The van der Waals surface area contributed by atoms with Gasteiger partial charge in [-0.25, -0.2) is 23.7 Å². The molecule has 3 aliphatic heterocycles. The van der Waals surface area contributed by atoms with E-state index >= 15 is 4.39 Å². The lowest BCUT2D eigenvalue weighted by Crippen LogP contribution is -2.49. The summed E-state index contributed by atoms with van der Waals surface area (Å²) in [5.74, 6) is 0.578. The van der Waals surface area contributed by atoms with Crippen LogP contribution in [0.5, 0.6) is 0 Å². The van der Waals surface area contributed by atoms with Crippen molar-refractivity contribution < 1.29 is 14.0 Å². The molecule has 3 fully saturated rings. The van der Waals surface area contributed by atoms with Crippen molar-refractivity contribution in [2.45, 2.75) is 64.5 Å². The van der Waals surface area contributed by atoms with E-state index in [2.05, 4.69) is 75.1 Å². The number of allylic oxidation sites excluding steroid dienone is 1. The minimum atomic E-state index is -0.546. The predicted molar refractivity (Wildman–Crippen MR) is 229 cm³/mol. The molecule has 8 rings (SSSR count). The number of carbonyl (C=O) groups excluding carboxylic acids is 2. The van der Waals surface area contributed by atoms with Gasteiger partial charge in [-0.15, -0.1) is 6.58 Å². The molecule has 0 spiro atoms. The molecule has 3 saturated heterocycles. The fraction of sp³-hybridized carbons (Fsp3) is 0.409. The first-order chi connectivity index (χ1) is 28.4. The molecular weight excluding hydrogens is 750 g/mol. The summed E-state index contributed by atoms with van der Waals surface area (Å²) in [6, 6.07) is 18.6. The van der Waals surface area contributed by atoms with Gasteiger partial charge < -0.3 is 20.4 Å². The summed E-state index contributed by atoms with van der Waals surface area (Å²) >= 11 is 0. The first-order valence-corrected chi connectivity index (χ1v) is 20.5. The van der Waals surface area contributed by atoms with Gasteiger partial charge in [0.15, 0.2) is 11.5 Å². The second kappa shape index (κ2) is 16.6. The van der Waals surface area contributed by atoms with Crippen molar-refractivity contribution >= 4 is 51.5 Å². The number of amides is 2. The first kappa shape index (κ1) is 39.7. The molecule has 0 aliphatic carbocycles. The Morgan fingerprint density at radius 1 is 0.898 bits per heavy atom. The number of hydrogen-bond donors (Lipinski definition) is 3. The van der Waals surface area contributed by atoms with Crippen molar-refractivity contribution in [2.75, 3.05) is 66.2 Å². The zero-order chi connectivity index (χ0) is 41.3. The molecule has 3 aromatic heterocycles. The number of nitrogens with zero attached hydrogens (tertiary/aromatic N) is 8. The van der Waals surface area contributed by atoms with E-state index in [1.54, 1.807) is 27.7 Å². The lowest BCUT2D eigenvalue weighted by Gasteiger charge is -2.40. The van der Waals surface area contributed by atoms with Crippen molar-refractivity contribution in [1.82, 2.24) is 34.5 Å². The Kier molecular flexibility index (Phi) is 11.2. The fourth-order valence-electron chi connectivity index (χ4n) is 8.25. The standard InChI is InChI=1S/C44H52FN11O3/c1-5-19-55-42(59)33-27-46-43(51-40(33)56(55)38-8-6-7-37(49-38)44(2,3)4)48-30-9-12-32(13-10-30)53-24-22-52(23-25-53)28-29-17-20-54(21-18-29)36-15-11-31(26-34(36)45)47-35-14-16-39(57)50-41(35)58/h5-13,15,26-27,29,35,47H,1,14,16-25,28H2,2-4H3,(H,46,48,51)(H,50,57,58). The number of hydrogen-bond acceptors (Lipinski definition) is 11. The Balaban J connectivity index is 0.838. The Bertz CT molecular complexity index is 2410. The number of nitrogens with one attached hydrogen (secondary N) is 3. The average Bonchev–Trinajstić information content (AvgIpc) is 3.49. The van der Waals surface area contributed by atoms with E-state index in [0.29, 0.717) is 53.1 Å². The number of piperazine rings is 1. The van der Waals surface area contributed by atoms with Crippen LogP contribution in [0.2, 0.25) is 0 Å². The molecule has 2 amide bonds. The Labute approximate surface area is 343 Å². The van der Waals surface area contributed by atoms with Crippen LogP contribution in [0.4, 0.5) is 33.1 Å². The van der Waals surface area contributed by atoms with E-state index < -0.39 is 6.04 Å². The molecule has 0 radical (unpaired) electrons. The number of fused-ring (bicyclic) bond motifs is 1. The minimum Gasteiger partial charge on any atom is -0.374 e. The third-order valence-corrected chi connectivity index (χ3v) is 11.6. The van der Waals surface area contributed by atoms with Gasteiger partial charge >= 0.3 is 0 Å². The van der Waals surface area contributed by atoms with E-state index in [-0.39, 0.29) is 35.0 Å². The number of imide groups is 1. The molecule has 6 heterocycles. The molecule has 0 bridgehead atoms. The third kappa shape index (κ3) is 8.70. The zero-order valence-corrected chi connectivity index (χ0v) is 34.0. The van der Waals surface area contributed by atoms with Gasteiger partial charge in [0.05, 0.1) is 12.2 Å². The van der Waals surface area contributed by atoms with Crippen LogP contribution in [0.3, 0.4) is 0 Å². The normalized spacial score (nSPS) is 18.3. The number of aromatic nitrogens is 5. The van der Waals surface area contributed by atoms with E-state index in [9.17, 15) is 14.4 Å². The van der Waals surface area contributed by atoms with Crippen molar-refractivity contribution in [1.29, 1.82) is 0 Å². The van der Waals surface area contributed by atoms with Crippen molar-refractivity contribution in [3.05, 3.63) is 101 Å². The molecule has 1 unspecified atom stereocenters. The number of rotatable bonds is 11. The summed E-state index contributed by atoms with van der Waals surface area (Å²) < 4.78 is 18.6. The Morgan fingerprint density at radius 2 is 1.64 bits per heavy atom. The number of benzene rings is 2. The molecule has 308 valence electrons. The molecule has 3 aliphatic rings. The van der Waals surface area contributed by atoms with Crippen molar-refractivity contribution in [2.24, 2.45) is 5.92 Å². The Morgan fingerprint density at radius 3 is 2.34 bits per heavy atom. The highest BCUT2D eigenvalue weighted by molar-refractivity contribution is 6.01. The van der Waals surface area contributed by atoms with Crippen molar-refractivity contribution in [3.8, 4) is 5.82 Å². The lowest BCUT2D eigenvalue weighted by molar-refractivity contribution is -0.133. The second-order valence-corrected chi connectivity index (χ2v) is 16.8. The quantitative estimate of drug-likeness (QED) is 0.113. The summed E-state index contributed by atoms with van der Waals surface area (Å²) in [6.45, 7) is 16.9. The van der Waals surface area contributed by atoms with Gasteiger partial charge in [0.1, 0.15) is 17.2 Å². The van der Waals surface area contributed by atoms with E-state index in [1.165, 1.54) is 6.07 Å². The predicted octanol–water partition coefficient (Wildman–Crippen LogP) is 5.60. The number of halogens is 1. The Hall–Kier alpha value is -6.09. The highest BCUT2D eigenvalue weighted by atomic mass is 19.1. The molecule has 14 nitrogen and oxygen atoms in total. The van der Waals surface area contributed by atoms with Gasteiger partial charge in [-0.3, -0.25) is 24.6 Å². The monoisotopic (exact) mass is 801 g/mol. The topological polar surface area (TPSA) is 146 Å². The minimum absolute atomic E-state index is 0.174. The molecule has 15 heteroatoms. The maximum atomic E-state index is 15.2. The van der Waals surface area contributed by atoms with Crippen LogP contribution in [0.1, 0.15) is 52.1 Å². The smallest absolute Gasteiger partial charge is 0.278 e. The second-order valence-electron chi connectivity index (χ2n) is 16.8. The average molecular weight is 802 g/mol. The van der Waals surface area contributed by atoms with Gasteiger partial charge in [0.25, 0.3) is 5.56 Å². The van der Waals surface area contributed by atoms with Crippen LogP contribution in [0.15, 0.2) is 84.3 Å². The van der Waals surface area contributed by atoms with Crippen LogP contribution in [-0.4, -0.2) is 92.9 Å². The maximum Gasteiger partial charge on any atom is 0.278 e. The highest BCUT2D eigenvalue weighted by Gasteiger charge is 2.28. The van der Waals surface area contributed by atoms with Gasteiger partial charge in [0, 0.05) is 86.6 Å². The van der Waals surface area contributed by atoms with Crippen LogP contribution in [0.25, 0.3) is 16.9 Å². The molecule has 5 aromatic rings. The van der Waals surface area contributed by atoms with Crippen molar-refractivity contribution in [3.63, 3.8) is 0 Å². The van der Waals surface area contributed by atoms with E-state index in [0.717, 1.165) is 75.7 Å². The third-order valence-electron chi connectivity index (χ3n) is 11.6. The van der Waals surface area contributed by atoms with Gasteiger partial charge in [-0.05, 0) is 79.8 Å². The SMILES string of the molecule is C=CCn1c(=O)c2cnc(Nc3ccc(N4CCN(CC5CCN(c6ccc(NC7CCC(=O)NC7=O)cc6F)CC5)CC4)cc3)nc2n1-c1cccc(C(C)(C)C)n1. The maximum absolute atomic E-state index is 15.2. The van der Waals surface area contributed by atoms with Crippen LogP contribution in [-0.2, 0) is 21.5 Å². The lowest BCUT2D eigenvalue weighted by atomic mass is 9.92.